The number of pyridine rings is 1. The molecule has 226 valence electrons. The summed E-state index contributed by atoms with van der Waals surface area (Å²) in [5.74, 6) is 0.844. The van der Waals surface area contributed by atoms with Crippen LogP contribution in [-0.2, 0) is 0 Å². The zero-order valence-electron chi connectivity index (χ0n) is 23.9. The van der Waals surface area contributed by atoms with Gasteiger partial charge in [0.05, 0.1) is 11.7 Å². The summed E-state index contributed by atoms with van der Waals surface area (Å²) in [5, 5.41) is 42.7. The summed E-state index contributed by atoms with van der Waals surface area (Å²) in [6.45, 7) is 8.53. The Hall–Kier alpha value is -4.63. The van der Waals surface area contributed by atoms with Gasteiger partial charge in [-0.05, 0) is 51.0 Å². The number of carbonyl (C=O) groups excluding carboxylic acids is 1. The van der Waals surface area contributed by atoms with Crippen molar-refractivity contribution in [3.63, 3.8) is 0 Å². The van der Waals surface area contributed by atoms with Crippen molar-refractivity contribution in [2.75, 3.05) is 30.3 Å². The zero-order valence-corrected chi connectivity index (χ0v) is 23.9. The third-order valence-corrected chi connectivity index (χ3v) is 6.90. The summed E-state index contributed by atoms with van der Waals surface area (Å²) in [7, 11) is 0. The summed E-state index contributed by atoms with van der Waals surface area (Å²) >= 11 is 0. The Balaban J connectivity index is 1.35. The molecule has 14 heteroatoms. The highest BCUT2D eigenvalue weighted by molar-refractivity contribution is 5.99. The van der Waals surface area contributed by atoms with Crippen LogP contribution in [0.15, 0.2) is 61.4 Å². The molecule has 1 fully saturated rings. The van der Waals surface area contributed by atoms with Crippen LogP contribution in [0.2, 0.25) is 0 Å². The lowest BCUT2D eigenvalue weighted by molar-refractivity contribution is -0.396. The third kappa shape index (κ3) is 7.24. The Labute approximate surface area is 248 Å². The minimum atomic E-state index is -2.85. The number of hydrogen-bond acceptors (Lipinski definition) is 12. The maximum Gasteiger partial charge on any atom is 0.345 e. The second-order valence-electron chi connectivity index (χ2n) is 10.4. The fraction of sp³-hybridized carbons (Fsp3) is 0.345. The summed E-state index contributed by atoms with van der Waals surface area (Å²) in [6.07, 6.45) is 2.66. The third-order valence-electron chi connectivity index (χ3n) is 6.90. The first-order valence-electron chi connectivity index (χ1n) is 13.9. The fourth-order valence-electron chi connectivity index (χ4n) is 4.75. The highest BCUT2D eigenvalue weighted by atomic mass is 16.7. The molecular formula is C29H35N9O5. The van der Waals surface area contributed by atoms with Gasteiger partial charge < -0.3 is 36.0 Å². The first kappa shape index (κ1) is 29.8. The summed E-state index contributed by atoms with van der Waals surface area (Å²) in [4.78, 5) is 27.5. The number of aromatic nitrogens is 5. The van der Waals surface area contributed by atoms with E-state index in [1.807, 2.05) is 29.1 Å². The van der Waals surface area contributed by atoms with Crippen molar-refractivity contribution in [3.8, 4) is 5.88 Å². The molecular weight excluding hydrogens is 554 g/mol. The number of amides is 1. The molecule has 1 aliphatic rings. The van der Waals surface area contributed by atoms with Gasteiger partial charge in [0.25, 0.3) is 5.91 Å². The number of likely N-dealkylation sites (tertiary alicyclic amines) is 1. The fourth-order valence-corrected chi connectivity index (χ4v) is 4.75. The van der Waals surface area contributed by atoms with E-state index in [2.05, 4.69) is 56.4 Å². The van der Waals surface area contributed by atoms with Crippen LogP contribution in [0.5, 0.6) is 5.88 Å². The predicted molar refractivity (Wildman–Crippen MR) is 160 cm³/mol. The Morgan fingerprint density at radius 2 is 1.93 bits per heavy atom. The highest BCUT2D eigenvalue weighted by Crippen LogP contribution is 2.26. The van der Waals surface area contributed by atoms with E-state index in [1.165, 1.54) is 6.20 Å². The minimum Gasteiger partial charge on any atom is -0.474 e. The van der Waals surface area contributed by atoms with Gasteiger partial charge in [-0.15, -0.1) is 6.58 Å². The van der Waals surface area contributed by atoms with E-state index < -0.39 is 6.10 Å². The van der Waals surface area contributed by atoms with Gasteiger partial charge >= 0.3 is 6.10 Å². The molecule has 0 saturated carbocycles. The van der Waals surface area contributed by atoms with Gasteiger partial charge in [0.1, 0.15) is 23.3 Å². The zero-order chi connectivity index (χ0) is 30.6. The molecule has 0 unspecified atom stereocenters. The van der Waals surface area contributed by atoms with Crippen LogP contribution < -0.4 is 20.7 Å². The number of fused-ring (bicyclic) bond motifs is 1. The average molecular weight is 590 g/mol. The SMILES string of the molecule is C=CCNC(=O)c1cnc(Nc2ccc3c(cnn3C(C)C)c2)nc1Nc1cccc(OC2CCN(C(O)(O)O)CC2)n1. The van der Waals surface area contributed by atoms with Crippen LogP contribution in [0, 0.1) is 0 Å². The molecule has 1 aromatic carbocycles. The Morgan fingerprint density at radius 3 is 2.65 bits per heavy atom. The number of piperidine rings is 1. The highest BCUT2D eigenvalue weighted by Gasteiger charge is 2.33. The Kier molecular flexibility index (Phi) is 8.82. The number of aliphatic hydroxyl groups is 3. The van der Waals surface area contributed by atoms with E-state index in [0.717, 1.165) is 21.5 Å². The summed E-state index contributed by atoms with van der Waals surface area (Å²) in [5.41, 5.74) is 1.98. The minimum absolute atomic E-state index is 0.210. The predicted octanol–water partition coefficient (Wildman–Crippen LogP) is 2.64. The standard InChI is InChI=1S/C29H35N9O5/c1-4-12-30-27(39)22-17-31-28(33-20-8-9-23-19(15-20)16-32-38(23)18(2)3)36-26(22)35-24-6-5-7-25(34-24)43-21-10-13-37(14-11-21)29(40,41)42/h4-9,15-18,21,40-42H,1,10-14H2,2-3H3,(H,30,39)(H2,31,33,34,35,36). The van der Waals surface area contributed by atoms with Gasteiger partial charge in [0.15, 0.2) is 0 Å². The average Bonchev–Trinajstić information content (AvgIpc) is 3.40. The second kappa shape index (κ2) is 12.7. The van der Waals surface area contributed by atoms with Crippen LogP contribution in [0.4, 0.5) is 23.3 Å². The molecule has 0 spiro atoms. The summed E-state index contributed by atoms with van der Waals surface area (Å²) in [6, 6.07) is 11.3. The van der Waals surface area contributed by atoms with Crippen molar-refractivity contribution >= 4 is 40.1 Å². The maximum atomic E-state index is 12.9. The molecule has 14 nitrogen and oxygen atoms in total. The van der Waals surface area contributed by atoms with Crippen LogP contribution in [0.3, 0.4) is 0 Å². The van der Waals surface area contributed by atoms with Crippen molar-refractivity contribution in [2.24, 2.45) is 0 Å². The molecule has 4 aromatic rings. The molecule has 1 aliphatic heterocycles. The van der Waals surface area contributed by atoms with Crippen molar-refractivity contribution in [1.29, 1.82) is 0 Å². The lowest BCUT2D eigenvalue weighted by Gasteiger charge is -2.36. The van der Waals surface area contributed by atoms with Gasteiger partial charge in [-0.3, -0.25) is 9.48 Å². The van der Waals surface area contributed by atoms with Crippen molar-refractivity contribution in [1.82, 2.24) is 34.9 Å². The molecule has 6 N–H and O–H groups in total. The second-order valence-corrected chi connectivity index (χ2v) is 10.4. The molecule has 1 saturated heterocycles. The van der Waals surface area contributed by atoms with Gasteiger partial charge in [-0.1, -0.05) is 12.1 Å². The lowest BCUT2D eigenvalue weighted by Crippen LogP contribution is -2.53. The molecule has 0 bridgehead atoms. The number of benzene rings is 1. The van der Waals surface area contributed by atoms with Crippen LogP contribution in [0.25, 0.3) is 10.9 Å². The van der Waals surface area contributed by atoms with Gasteiger partial charge in [0.2, 0.25) is 11.8 Å². The largest absolute Gasteiger partial charge is 0.474 e. The number of hydrogen-bond donors (Lipinski definition) is 6. The number of anilines is 4. The van der Waals surface area contributed by atoms with Crippen molar-refractivity contribution in [3.05, 3.63) is 67.0 Å². The van der Waals surface area contributed by atoms with Gasteiger partial charge in [-0.25, -0.2) is 9.88 Å². The number of rotatable bonds is 11. The number of nitrogens with one attached hydrogen (secondary N) is 3. The molecule has 43 heavy (non-hydrogen) atoms. The van der Waals surface area contributed by atoms with Crippen LogP contribution in [0.1, 0.15) is 43.1 Å². The lowest BCUT2D eigenvalue weighted by atomic mass is 10.1. The van der Waals surface area contributed by atoms with Crippen molar-refractivity contribution < 1.29 is 24.9 Å². The quantitative estimate of drug-likeness (QED) is 0.111. The molecule has 5 rings (SSSR count). The number of ether oxygens (including phenoxy) is 1. The topological polar surface area (TPSA) is 183 Å². The molecule has 4 heterocycles. The van der Waals surface area contributed by atoms with Crippen LogP contribution >= 0.6 is 0 Å². The first-order valence-corrected chi connectivity index (χ1v) is 13.9. The Morgan fingerprint density at radius 1 is 1.14 bits per heavy atom. The van der Waals surface area contributed by atoms with E-state index in [-0.39, 0.29) is 55.0 Å². The number of nitrogens with zero attached hydrogens (tertiary/aromatic N) is 6. The van der Waals surface area contributed by atoms with Gasteiger partial charge in [0, 0.05) is 49.0 Å². The molecule has 3 aromatic heterocycles. The maximum absolute atomic E-state index is 12.9. The van der Waals surface area contributed by atoms with E-state index in [9.17, 15) is 20.1 Å². The Bertz CT molecular complexity index is 1590. The van der Waals surface area contributed by atoms with E-state index >= 15 is 0 Å². The van der Waals surface area contributed by atoms with E-state index in [0.29, 0.717) is 24.5 Å². The van der Waals surface area contributed by atoms with Crippen molar-refractivity contribution in [2.45, 2.75) is 44.9 Å². The molecule has 1 amide bonds. The molecule has 0 atom stereocenters. The van der Waals surface area contributed by atoms with E-state index in [4.69, 9.17) is 4.74 Å². The smallest absolute Gasteiger partial charge is 0.345 e. The normalized spacial score (nSPS) is 14.6. The molecule has 0 aliphatic carbocycles. The first-order chi connectivity index (χ1) is 20.6. The van der Waals surface area contributed by atoms with Crippen LogP contribution in [-0.4, -0.2) is 82.7 Å². The number of carbonyl (C=O) groups is 1. The van der Waals surface area contributed by atoms with Gasteiger partial charge in [-0.2, -0.15) is 15.1 Å². The van der Waals surface area contributed by atoms with E-state index in [1.54, 1.807) is 24.3 Å². The summed E-state index contributed by atoms with van der Waals surface area (Å²) < 4.78 is 7.96. The monoisotopic (exact) mass is 589 g/mol. The molecule has 0 radical (unpaired) electrons.